The van der Waals surface area contributed by atoms with Crippen LogP contribution in [-0.4, -0.2) is 151 Å². The third-order valence-electron chi connectivity index (χ3n) is 21.0. The zero-order chi connectivity index (χ0) is 96.5. The molecule has 29 heteroatoms. The molecule has 16 aromatic rings. The second-order valence-corrected chi connectivity index (χ2v) is 31.8. The molecule has 0 aliphatic heterocycles. The molecular weight excluding hydrogens is 1740 g/mol. The summed E-state index contributed by atoms with van der Waals surface area (Å²) in [6.07, 6.45) is 6.62. The third-order valence-corrected chi connectivity index (χ3v) is 21.3. The van der Waals surface area contributed by atoms with Crippen molar-refractivity contribution in [1.82, 2.24) is 59.8 Å². The largest absolute Gasteiger partial charge is 0.507 e. The lowest BCUT2D eigenvalue weighted by atomic mass is 10.1. The smallest absolute Gasteiger partial charge is 0.339 e. The van der Waals surface area contributed by atoms with E-state index in [1.165, 1.54) is 6.07 Å². The maximum atomic E-state index is 12.4. The fourth-order valence-electron chi connectivity index (χ4n) is 13.7. The van der Waals surface area contributed by atoms with Crippen molar-refractivity contribution in [2.75, 3.05) is 26.4 Å². The number of hydrogen-bond donors (Lipinski definition) is 8. The van der Waals surface area contributed by atoms with Crippen LogP contribution in [0.5, 0.6) is 46.0 Å². The molecule has 28 nitrogen and oxygen atoms in total. The minimum Gasteiger partial charge on any atom is -0.507 e. The van der Waals surface area contributed by atoms with Crippen LogP contribution in [0.25, 0.3) is 137 Å². The molecule has 4 aromatic heterocycles. The van der Waals surface area contributed by atoms with Gasteiger partial charge in [-0.2, -0.15) is 0 Å². The van der Waals surface area contributed by atoms with Crippen molar-refractivity contribution in [3.8, 4) is 183 Å². The fourth-order valence-corrected chi connectivity index (χ4v) is 14.0. The van der Waals surface area contributed by atoms with Crippen LogP contribution in [0.3, 0.4) is 0 Å². The van der Waals surface area contributed by atoms with Crippen molar-refractivity contribution in [2.45, 2.75) is 100 Å². The lowest BCUT2D eigenvalue weighted by Crippen LogP contribution is -2.07. The number of carbonyl (C=O) groups excluding carboxylic acids is 4. The minimum atomic E-state index is -0.505. The Kier molecular flexibility index (Phi) is 32.6. The number of halogens is 1. The Hall–Kier alpha value is -16.8. The van der Waals surface area contributed by atoms with Crippen LogP contribution in [0, 0.1) is 27.7 Å². The summed E-state index contributed by atoms with van der Waals surface area (Å²) in [6, 6.07) is 73.0. The van der Waals surface area contributed by atoms with Gasteiger partial charge in [0.15, 0.2) is 69.9 Å². The number of aryl methyl sites for hydroxylation is 4. The van der Waals surface area contributed by atoms with E-state index in [2.05, 4.69) is 66.7 Å². The van der Waals surface area contributed by atoms with Crippen LogP contribution in [-0.2, 0) is 18.9 Å². The Morgan fingerprint density at radius 2 is 0.500 bits per heavy atom. The van der Waals surface area contributed by atoms with Crippen LogP contribution in [0.2, 0.25) is 5.02 Å². The maximum absolute atomic E-state index is 12.4. The molecule has 16 rings (SSSR count). The Labute approximate surface area is 789 Å². The topological polar surface area (TPSA) is 422 Å². The van der Waals surface area contributed by atoms with Crippen LogP contribution in [0.4, 0.5) is 0 Å². The monoisotopic (exact) mass is 1840 g/mol. The quantitative estimate of drug-likeness (QED) is 0.0135. The Bertz CT molecular complexity index is 6990. The average molecular weight is 1840 g/mol. The van der Waals surface area contributed by atoms with E-state index in [1.807, 2.05) is 65.8 Å². The molecule has 0 spiro atoms. The van der Waals surface area contributed by atoms with Crippen molar-refractivity contribution in [3.63, 3.8) is 0 Å². The Morgan fingerprint density at radius 1 is 0.243 bits per heavy atom. The predicted octanol–water partition coefficient (Wildman–Crippen LogP) is 22.5. The highest BCUT2D eigenvalue weighted by atomic mass is 35.5. The van der Waals surface area contributed by atoms with E-state index in [-0.39, 0.29) is 121 Å². The molecular formula is C107H97ClN12O16. The number of rotatable bonds is 27. The van der Waals surface area contributed by atoms with Crippen molar-refractivity contribution in [3.05, 3.63) is 310 Å². The van der Waals surface area contributed by atoms with Gasteiger partial charge < -0.3 is 59.8 Å². The molecule has 688 valence electrons. The highest BCUT2D eigenvalue weighted by Crippen LogP contribution is 2.40. The van der Waals surface area contributed by atoms with Crippen LogP contribution >= 0.6 is 11.6 Å². The Balaban J connectivity index is 0.000000154. The summed E-state index contributed by atoms with van der Waals surface area (Å²) in [5.41, 5.74) is 11.1. The first-order chi connectivity index (χ1) is 65.7. The number of carbonyl (C=O) groups is 4. The summed E-state index contributed by atoms with van der Waals surface area (Å²) in [6.45, 7) is 16.7. The van der Waals surface area contributed by atoms with Crippen LogP contribution in [0.1, 0.15) is 136 Å². The van der Waals surface area contributed by atoms with Gasteiger partial charge in [0.25, 0.3) is 0 Å². The van der Waals surface area contributed by atoms with E-state index in [0.29, 0.717) is 134 Å². The predicted molar refractivity (Wildman–Crippen MR) is 518 cm³/mol. The maximum Gasteiger partial charge on any atom is 0.339 e. The lowest BCUT2D eigenvalue weighted by molar-refractivity contribution is 0.0489. The second kappa shape index (κ2) is 45.9. The molecule has 0 aliphatic rings. The third kappa shape index (κ3) is 24.7. The molecule has 136 heavy (non-hydrogen) atoms. The van der Waals surface area contributed by atoms with Gasteiger partial charge in [0.05, 0.1) is 98.2 Å². The van der Waals surface area contributed by atoms with Crippen molar-refractivity contribution in [1.29, 1.82) is 0 Å². The summed E-state index contributed by atoms with van der Waals surface area (Å²) in [5, 5.41) is 83.7. The molecule has 0 amide bonds. The summed E-state index contributed by atoms with van der Waals surface area (Å²) in [4.78, 5) is 103. The van der Waals surface area contributed by atoms with Gasteiger partial charge in [-0.15, -0.1) is 0 Å². The van der Waals surface area contributed by atoms with Crippen molar-refractivity contribution >= 4 is 35.5 Å². The summed E-state index contributed by atoms with van der Waals surface area (Å²) >= 11 is 6.38. The number of unbranched alkanes of at least 4 members (excludes halogenated alkanes) is 4. The number of phenols is 8. The normalized spacial score (nSPS) is 10.8. The molecule has 0 atom stereocenters. The minimum absolute atomic E-state index is 0.00535. The molecule has 8 N–H and O–H groups in total. The van der Waals surface area contributed by atoms with E-state index < -0.39 is 11.9 Å². The van der Waals surface area contributed by atoms with Gasteiger partial charge in [-0.3, -0.25) is 0 Å². The van der Waals surface area contributed by atoms with Crippen molar-refractivity contribution < 1.29 is 79.0 Å². The first-order valence-corrected chi connectivity index (χ1v) is 44.3. The highest BCUT2D eigenvalue weighted by molar-refractivity contribution is 6.34. The molecule has 0 aliphatic carbocycles. The van der Waals surface area contributed by atoms with Crippen LogP contribution < -0.4 is 0 Å². The van der Waals surface area contributed by atoms with Gasteiger partial charge >= 0.3 is 23.9 Å². The number of hydrogen-bond acceptors (Lipinski definition) is 28. The summed E-state index contributed by atoms with van der Waals surface area (Å²) in [7, 11) is 0. The fraction of sp³-hybridized carbons (Fsp3) is 0.178. The number of esters is 4. The van der Waals surface area contributed by atoms with Gasteiger partial charge in [0, 0.05) is 22.3 Å². The zero-order valence-electron chi connectivity index (χ0n) is 75.7. The van der Waals surface area contributed by atoms with Crippen molar-refractivity contribution in [2.24, 2.45) is 0 Å². The van der Waals surface area contributed by atoms with E-state index in [0.717, 1.165) is 60.8 Å². The van der Waals surface area contributed by atoms with E-state index in [9.17, 15) is 60.0 Å². The molecule has 0 radical (unpaired) electrons. The number of ether oxygens (including phenoxy) is 4. The number of nitrogens with zero attached hydrogens (tertiary/aromatic N) is 12. The standard InChI is InChI=1S/C29H29N3O4.C27H25N3O4.C26H22ClN3O4.C25H21N3O4/c1-3-4-5-8-17-36-29(35)21-14-12-20(13-15-21)26-30-27(22-9-6-7-10-24(22)33)32-28(31-26)23-16-11-19(2)18-25(23)34;1-3-4-15-34-27(33)19-12-10-18(11-13-19)24-28-25(20-7-5-6-8-22(20)31)30-26(29-24)21-14-9-17(2)16-23(21)32;1-3-12-34-26(33)17-11-9-16(14-20(17)27)23-28-24(18-6-4-5-7-21(18)31)30-25(29-23)19-10-8-15(2)13-22(19)32;1-3-32-25(31)17-11-9-16(10-12-17)22-26-23(18-6-4-5-7-20(18)29)28-24(27-22)19-13-8-15(2)14-21(19)30/h6-7,9-16,18,33-34H,3-5,8,17H2,1-2H3;5-14,16,31-32H,3-4,15H2,1-2H3;4-11,13-14,31-32H,3,12H2,1-2H3;4-14,29-30H,3H2,1-2H3. The molecule has 0 bridgehead atoms. The lowest BCUT2D eigenvalue weighted by Gasteiger charge is -2.11. The first-order valence-electron chi connectivity index (χ1n) is 43.9. The summed E-state index contributed by atoms with van der Waals surface area (Å²) in [5.74, 6) is 1.93. The number of aromatic hydroxyl groups is 8. The van der Waals surface area contributed by atoms with Gasteiger partial charge in [0.2, 0.25) is 0 Å². The highest BCUT2D eigenvalue weighted by Gasteiger charge is 2.25. The molecule has 4 heterocycles. The molecule has 0 fully saturated rings. The number of benzene rings is 12. The molecule has 0 saturated heterocycles. The number of phenolic OH excluding ortho intramolecular Hbond substituents is 8. The Morgan fingerprint density at radius 3 is 0.772 bits per heavy atom. The second-order valence-electron chi connectivity index (χ2n) is 31.3. The molecule has 12 aromatic carbocycles. The number of aromatic nitrogens is 12. The molecule has 0 unspecified atom stereocenters. The summed E-state index contributed by atoms with van der Waals surface area (Å²) < 4.78 is 20.8. The van der Waals surface area contributed by atoms with E-state index in [4.69, 9.17) is 30.5 Å². The number of para-hydroxylation sites is 4. The zero-order valence-corrected chi connectivity index (χ0v) is 76.4. The average Bonchev–Trinajstić information content (AvgIpc) is 0.827. The van der Waals surface area contributed by atoms with E-state index in [1.54, 1.807) is 237 Å². The van der Waals surface area contributed by atoms with Gasteiger partial charge in [0.1, 0.15) is 46.0 Å². The first kappa shape index (κ1) is 96.8. The SMILES string of the molecule is CCCCCCOC(=O)c1ccc(-c2nc(-c3ccccc3O)nc(-c3ccc(C)cc3O)n2)cc1.CCCCOC(=O)c1ccc(-c2nc(-c3ccccc3O)nc(-c3ccc(C)cc3O)n2)cc1.CCCOC(=O)c1ccc(-c2nc(-c3ccccc3O)nc(-c3ccc(C)cc3O)n2)cc1Cl.CCOC(=O)c1ccc(-c2nc(-c3ccccc3O)nc(-c3ccc(C)cc3O)n2)cc1. The van der Waals surface area contributed by atoms with E-state index >= 15 is 0 Å². The van der Waals surface area contributed by atoms with Gasteiger partial charge in [-0.05, 0) is 222 Å². The molecule has 0 saturated carbocycles. The van der Waals surface area contributed by atoms with Gasteiger partial charge in [-0.25, -0.2) is 79.0 Å². The van der Waals surface area contributed by atoms with Gasteiger partial charge in [-0.1, -0.05) is 173 Å². The van der Waals surface area contributed by atoms with Crippen LogP contribution in [0.15, 0.2) is 261 Å².